The van der Waals surface area contributed by atoms with Gasteiger partial charge in [0.15, 0.2) is 5.13 Å². The van der Waals surface area contributed by atoms with Crippen LogP contribution in [0.3, 0.4) is 0 Å². The Kier molecular flexibility index (Phi) is 4.73. The first kappa shape index (κ1) is 12.6. The molecule has 0 unspecified atom stereocenters. The zero-order valence-electron chi connectivity index (χ0n) is 9.54. The molecule has 0 spiro atoms. The molecule has 1 heterocycles. The van der Waals surface area contributed by atoms with Gasteiger partial charge in [-0.3, -0.25) is 0 Å². The van der Waals surface area contributed by atoms with E-state index >= 15 is 0 Å². The molecule has 1 aromatic rings. The standard InChI is InChI=1S/C10H19N3S2/c1-4-10(5-2,14-3)7-13-9-12-6-8(11)15-9/h6H,4-5,7,11H2,1-3H3,(H,12,13). The molecule has 15 heavy (non-hydrogen) atoms. The normalized spacial score (nSPS) is 11.7. The first-order valence-electron chi connectivity index (χ1n) is 5.16. The van der Waals surface area contributed by atoms with E-state index < -0.39 is 0 Å². The largest absolute Gasteiger partial charge is 0.389 e. The fraction of sp³-hybridized carbons (Fsp3) is 0.700. The van der Waals surface area contributed by atoms with Crippen molar-refractivity contribution in [1.82, 2.24) is 4.98 Å². The highest BCUT2D eigenvalue weighted by Crippen LogP contribution is 2.31. The van der Waals surface area contributed by atoms with E-state index in [-0.39, 0.29) is 0 Å². The van der Waals surface area contributed by atoms with Crippen molar-refractivity contribution in [2.75, 3.05) is 23.9 Å². The topological polar surface area (TPSA) is 50.9 Å². The Morgan fingerprint density at radius 3 is 2.60 bits per heavy atom. The van der Waals surface area contributed by atoms with Crippen LogP contribution in [0.15, 0.2) is 6.20 Å². The SMILES string of the molecule is CCC(CC)(CNc1ncc(N)s1)SC. The van der Waals surface area contributed by atoms with Crippen LogP contribution in [0, 0.1) is 0 Å². The van der Waals surface area contributed by atoms with Crippen molar-refractivity contribution < 1.29 is 0 Å². The molecule has 0 saturated carbocycles. The van der Waals surface area contributed by atoms with Crippen LogP contribution >= 0.6 is 23.1 Å². The molecule has 0 aliphatic heterocycles. The highest BCUT2D eigenvalue weighted by Gasteiger charge is 2.24. The molecule has 0 atom stereocenters. The summed E-state index contributed by atoms with van der Waals surface area (Å²) in [5, 5.41) is 5.05. The minimum atomic E-state index is 0.320. The molecule has 3 N–H and O–H groups in total. The number of aromatic nitrogens is 1. The average molecular weight is 245 g/mol. The minimum Gasteiger partial charge on any atom is -0.389 e. The summed E-state index contributed by atoms with van der Waals surface area (Å²) >= 11 is 3.43. The van der Waals surface area contributed by atoms with Crippen LogP contribution in [0.5, 0.6) is 0 Å². The lowest BCUT2D eigenvalue weighted by Gasteiger charge is -2.29. The number of nitrogens with one attached hydrogen (secondary N) is 1. The Balaban J connectivity index is 2.54. The number of hydrogen-bond donors (Lipinski definition) is 2. The molecule has 3 nitrogen and oxygen atoms in total. The molecule has 0 aliphatic carbocycles. The molecule has 0 saturated heterocycles. The van der Waals surface area contributed by atoms with E-state index in [0.29, 0.717) is 4.75 Å². The first-order valence-corrected chi connectivity index (χ1v) is 7.20. The Morgan fingerprint density at radius 2 is 2.20 bits per heavy atom. The van der Waals surface area contributed by atoms with E-state index in [9.17, 15) is 0 Å². The van der Waals surface area contributed by atoms with E-state index in [1.54, 1.807) is 6.20 Å². The van der Waals surface area contributed by atoms with Gasteiger partial charge in [-0.1, -0.05) is 25.2 Å². The van der Waals surface area contributed by atoms with E-state index in [1.165, 1.54) is 24.2 Å². The van der Waals surface area contributed by atoms with Crippen LogP contribution in [0.4, 0.5) is 10.1 Å². The summed E-state index contributed by atoms with van der Waals surface area (Å²) in [7, 11) is 0. The van der Waals surface area contributed by atoms with Crippen molar-refractivity contribution in [3.05, 3.63) is 6.20 Å². The molecular formula is C10H19N3S2. The monoisotopic (exact) mass is 245 g/mol. The quantitative estimate of drug-likeness (QED) is 0.809. The third-order valence-corrected chi connectivity index (χ3v) is 5.18. The zero-order chi connectivity index (χ0) is 11.3. The predicted octanol–water partition coefficient (Wildman–Crippen LogP) is 3.06. The summed E-state index contributed by atoms with van der Waals surface area (Å²) in [6.07, 6.45) is 6.20. The molecular weight excluding hydrogens is 226 g/mol. The van der Waals surface area contributed by atoms with Crippen LogP contribution in [-0.2, 0) is 0 Å². The van der Waals surface area contributed by atoms with Crippen molar-refractivity contribution in [2.24, 2.45) is 0 Å². The summed E-state index contributed by atoms with van der Waals surface area (Å²) in [6, 6.07) is 0. The van der Waals surface area contributed by atoms with Gasteiger partial charge in [0, 0.05) is 11.3 Å². The molecule has 1 rings (SSSR count). The highest BCUT2D eigenvalue weighted by molar-refractivity contribution is 8.00. The Labute approximate surface area is 99.9 Å². The fourth-order valence-electron chi connectivity index (χ4n) is 1.47. The van der Waals surface area contributed by atoms with Crippen molar-refractivity contribution in [3.8, 4) is 0 Å². The summed E-state index contributed by atoms with van der Waals surface area (Å²) in [4.78, 5) is 4.19. The fourth-order valence-corrected chi connectivity index (χ4v) is 2.84. The smallest absolute Gasteiger partial charge is 0.184 e. The third kappa shape index (κ3) is 3.28. The molecule has 86 valence electrons. The molecule has 0 amide bonds. The molecule has 0 fully saturated rings. The molecule has 5 heteroatoms. The summed E-state index contributed by atoms with van der Waals surface area (Å²) < 4.78 is 0.320. The number of hydrogen-bond acceptors (Lipinski definition) is 5. The Hall–Kier alpha value is -0.420. The van der Waals surface area contributed by atoms with E-state index in [1.807, 2.05) is 11.8 Å². The Bertz CT molecular complexity index is 286. The van der Waals surface area contributed by atoms with Crippen LogP contribution in [0.2, 0.25) is 0 Å². The van der Waals surface area contributed by atoms with Gasteiger partial charge in [-0.2, -0.15) is 11.8 Å². The number of thiazole rings is 1. The second-order valence-corrected chi connectivity index (χ2v) is 5.85. The van der Waals surface area contributed by atoms with Crippen LogP contribution < -0.4 is 11.1 Å². The maximum atomic E-state index is 5.63. The average Bonchev–Trinajstić information content (AvgIpc) is 2.67. The summed E-state index contributed by atoms with van der Waals surface area (Å²) in [5.74, 6) is 0. The predicted molar refractivity (Wildman–Crippen MR) is 71.8 cm³/mol. The van der Waals surface area contributed by atoms with Gasteiger partial charge in [-0.15, -0.1) is 0 Å². The molecule has 0 bridgehead atoms. The van der Waals surface area contributed by atoms with Gasteiger partial charge in [0.2, 0.25) is 0 Å². The number of rotatable bonds is 6. The summed E-state index contributed by atoms with van der Waals surface area (Å²) in [5.41, 5.74) is 5.63. The van der Waals surface area contributed by atoms with Gasteiger partial charge >= 0.3 is 0 Å². The molecule has 0 aromatic carbocycles. The zero-order valence-corrected chi connectivity index (χ0v) is 11.2. The first-order chi connectivity index (χ1) is 7.15. The molecule has 0 radical (unpaired) electrons. The number of nitrogens with zero attached hydrogens (tertiary/aromatic N) is 1. The number of anilines is 2. The molecule has 0 aliphatic rings. The van der Waals surface area contributed by atoms with E-state index in [2.05, 4.69) is 30.4 Å². The van der Waals surface area contributed by atoms with Crippen molar-refractivity contribution >= 4 is 33.2 Å². The van der Waals surface area contributed by atoms with Crippen LogP contribution in [-0.4, -0.2) is 22.5 Å². The van der Waals surface area contributed by atoms with Gasteiger partial charge in [0.05, 0.1) is 6.20 Å². The van der Waals surface area contributed by atoms with Gasteiger partial charge in [0.25, 0.3) is 0 Å². The lowest BCUT2D eigenvalue weighted by molar-refractivity contribution is 0.574. The lowest BCUT2D eigenvalue weighted by Crippen LogP contribution is -2.31. The van der Waals surface area contributed by atoms with Crippen LogP contribution in [0.1, 0.15) is 26.7 Å². The third-order valence-electron chi connectivity index (χ3n) is 2.81. The molecule has 1 aromatic heterocycles. The maximum Gasteiger partial charge on any atom is 0.184 e. The summed E-state index contributed by atoms with van der Waals surface area (Å²) in [6.45, 7) is 5.42. The van der Waals surface area contributed by atoms with E-state index in [4.69, 9.17) is 5.73 Å². The number of thioether (sulfide) groups is 1. The highest BCUT2D eigenvalue weighted by atomic mass is 32.2. The van der Waals surface area contributed by atoms with Crippen LogP contribution in [0.25, 0.3) is 0 Å². The van der Waals surface area contributed by atoms with E-state index in [0.717, 1.165) is 16.7 Å². The minimum absolute atomic E-state index is 0.320. The van der Waals surface area contributed by atoms with Crippen molar-refractivity contribution in [3.63, 3.8) is 0 Å². The van der Waals surface area contributed by atoms with Crippen molar-refractivity contribution in [1.29, 1.82) is 0 Å². The number of nitrogen functional groups attached to an aromatic ring is 1. The van der Waals surface area contributed by atoms with Gasteiger partial charge < -0.3 is 11.1 Å². The van der Waals surface area contributed by atoms with Gasteiger partial charge in [0.1, 0.15) is 5.00 Å². The lowest BCUT2D eigenvalue weighted by atomic mass is 10.0. The second kappa shape index (κ2) is 5.61. The van der Waals surface area contributed by atoms with Gasteiger partial charge in [-0.05, 0) is 19.1 Å². The number of nitrogens with two attached hydrogens (primary N) is 1. The maximum absolute atomic E-state index is 5.63. The van der Waals surface area contributed by atoms with Crippen molar-refractivity contribution in [2.45, 2.75) is 31.4 Å². The van der Waals surface area contributed by atoms with Gasteiger partial charge in [-0.25, -0.2) is 4.98 Å². The Morgan fingerprint density at radius 1 is 1.53 bits per heavy atom. The second-order valence-electron chi connectivity index (χ2n) is 3.52.